The molecular formula is C17H27N3O2. The number of benzene rings is 1. The van der Waals surface area contributed by atoms with Gasteiger partial charge >= 0.3 is 0 Å². The fourth-order valence-corrected chi connectivity index (χ4v) is 2.25. The van der Waals surface area contributed by atoms with E-state index in [9.17, 15) is 9.59 Å². The first-order valence-electron chi connectivity index (χ1n) is 7.68. The molecule has 0 aliphatic heterocycles. The molecule has 0 fully saturated rings. The van der Waals surface area contributed by atoms with Crippen LogP contribution in [0.5, 0.6) is 0 Å². The standard InChI is InChI=1S/C17H27N3O2/c1-5-11-20(12-15(21)19(3)4)17(22)13(2)16(18)14-9-7-6-8-10-14/h6-10,13,16H,5,11-12,18H2,1-4H3. The van der Waals surface area contributed by atoms with Gasteiger partial charge in [-0.05, 0) is 12.0 Å². The lowest BCUT2D eigenvalue weighted by molar-refractivity contribution is -0.142. The lowest BCUT2D eigenvalue weighted by Gasteiger charge is -2.28. The smallest absolute Gasteiger partial charge is 0.241 e. The second-order valence-corrected chi connectivity index (χ2v) is 5.77. The number of carbonyl (C=O) groups is 2. The van der Waals surface area contributed by atoms with Crippen LogP contribution in [0, 0.1) is 5.92 Å². The molecule has 0 saturated carbocycles. The number of hydrogen-bond acceptors (Lipinski definition) is 3. The largest absolute Gasteiger partial charge is 0.347 e. The van der Waals surface area contributed by atoms with Gasteiger partial charge in [-0.25, -0.2) is 0 Å². The van der Waals surface area contributed by atoms with Gasteiger partial charge in [-0.15, -0.1) is 0 Å². The number of rotatable bonds is 7. The van der Waals surface area contributed by atoms with E-state index < -0.39 is 0 Å². The Labute approximate surface area is 133 Å². The summed E-state index contributed by atoms with van der Waals surface area (Å²) in [6, 6.07) is 9.20. The van der Waals surface area contributed by atoms with Crippen LogP contribution in [-0.2, 0) is 9.59 Å². The summed E-state index contributed by atoms with van der Waals surface area (Å²) < 4.78 is 0. The molecule has 0 aliphatic carbocycles. The van der Waals surface area contributed by atoms with Crippen LogP contribution in [0.1, 0.15) is 31.9 Å². The van der Waals surface area contributed by atoms with Crippen LogP contribution in [-0.4, -0.2) is 48.8 Å². The lowest BCUT2D eigenvalue weighted by Crippen LogP contribution is -2.44. The number of hydrogen-bond donors (Lipinski definition) is 1. The quantitative estimate of drug-likeness (QED) is 0.833. The van der Waals surface area contributed by atoms with Crippen molar-refractivity contribution in [1.29, 1.82) is 0 Å². The van der Waals surface area contributed by atoms with E-state index in [2.05, 4.69) is 0 Å². The molecule has 1 aromatic carbocycles. The Hall–Kier alpha value is -1.88. The average molecular weight is 305 g/mol. The Morgan fingerprint density at radius 3 is 2.27 bits per heavy atom. The summed E-state index contributed by atoms with van der Waals surface area (Å²) in [6.07, 6.45) is 0.805. The van der Waals surface area contributed by atoms with E-state index in [4.69, 9.17) is 5.73 Å². The summed E-state index contributed by atoms with van der Waals surface area (Å²) in [5, 5.41) is 0. The van der Waals surface area contributed by atoms with Gasteiger partial charge in [0.05, 0.1) is 12.5 Å². The molecule has 0 saturated heterocycles. The molecule has 5 nitrogen and oxygen atoms in total. The molecule has 0 aromatic heterocycles. The Kier molecular flexibility index (Phi) is 7.05. The third-order valence-electron chi connectivity index (χ3n) is 3.74. The second kappa shape index (κ2) is 8.54. The van der Waals surface area contributed by atoms with E-state index in [0.717, 1.165) is 12.0 Å². The van der Waals surface area contributed by atoms with Crippen molar-refractivity contribution < 1.29 is 9.59 Å². The molecule has 2 amide bonds. The van der Waals surface area contributed by atoms with Crippen LogP contribution < -0.4 is 5.73 Å². The number of carbonyl (C=O) groups excluding carboxylic acids is 2. The fraction of sp³-hybridized carbons (Fsp3) is 0.529. The highest BCUT2D eigenvalue weighted by Gasteiger charge is 2.27. The van der Waals surface area contributed by atoms with Gasteiger partial charge in [-0.3, -0.25) is 9.59 Å². The Morgan fingerprint density at radius 1 is 1.18 bits per heavy atom. The van der Waals surface area contributed by atoms with Gasteiger partial charge in [0.15, 0.2) is 0 Å². The van der Waals surface area contributed by atoms with Crippen LogP contribution in [0.3, 0.4) is 0 Å². The maximum atomic E-state index is 12.7. The molecule has 122 valence electrons. The topological polar surface area (TPSA) is 66.6 Å². The summed E-state index contributed by atoms with van der Waals surface area (Å²) in [7, 11) is 3.38. The first-order valence-corrected chi connectivity index (χ1v) is 7.68. The van der Waals surface area contributed by atoms with E-state index in [1.165, 1.54) is 4.90 Å². The van der Waals surface area contributed by atoms with Crippen LogP contribution >= 0.6 is 0 Å². The normalized spacial score (nSPS) is 13.3. The Morgan fingerprint density at radius 2 is 1.77 bits per heavy atom. The van der Waals surface area contributed by atoms with Crippen LogP contribution in [0.25, 0.3) is 0 Å². The van der Waals surface area contributed by atoms with Crippen molar-refractivity contribution in [3.05, 3.63) is 35.9 Å². The average Bonchev–Trinajstić information content (AvgIpc) is 2.52. The monoisotopic (exact) mass is 305 g/mol. The molecule has 2 unspecified atom stereocenters. The van der Waals surface area contributed by atoms with E-state index in [1.54, 1.807) is 19.0 Å². The summed E-state index contributed by atoms with van der Waals surface area (Å²) in [5.41, 5.74) is 7.15. The van der Waals surface area contributed by atoms with Crippen LogP contribution in [0.4, 0.5) is 0 Å². The third-order valence-corrected chi connectivity index (χ3v) is 3.74. The minimum Gasteiger partial charge on any atom is -0.347 e. The van der Waals surface area contributed by atoms with Gasteiger partial charge in [-0.1, -0.05) is 44.2 Å². The minimum absolute atomic E-state index is 0.0756. The maximum absolute atomic E-state index is 12.7. The van der Waals surface area contributed by atoms with Gasteiger partial charge in [0.25, 0.3) is 0 Å². The molecule has 0 heterocycles. The number of nitrogens with two attached hydrogens (primary N) is 1. The number of amides is 2. The first-order chi connectivity index (χ1) is 10.4. The summed E-state index contributed by atoms with van der Waals surface area (Å²) in [4.78, 5) is 27.7. The van der Waals surface area contributed by atoms with E-state index in [0.29, 0.717) is 6.54 Å². The highest BCUT2D eigenvalue weighted by atomic mass is 16.2. The van der Waals surface area contributed by atoms with Gasteiger partial charge in [0, 0.05) is 26.7 Å². The summed E-state index contributed by atoms with van der Waals surface area (Å²) >= 11 is 0. The third kappa shape index (κ3) is 4.84. The zero-order valence-electron chi connectivity index (χ0n) is 14.0. The fourth-order valence-electron chi connectivity index (χ4n) is 2.25. The van der Waals surface area contributed by atoms with Crippen molar-refractivity contribution in [3.8, 4) is 0 Å². The number of nitrogens with zero attached hydrogens (tertiary/aromatic N) is 2. The van der Waals surface area contributed by atoms with Crippen molar-refractivity contribution in [2.45, 2.75) is 26.3 Å². The molecule has 1 rings (SSSR count). The predicted octanol–water partition coefficient (Wildman–Crippen LogP) is 1.65. The first kappa shape index (κ1) is 18.2. The van der Waals surface area contributed by atoms with E-state index in [1.807, 2.05) is 44.2 Å². The van der Waals surface area contributed by atoms with Gasteiger partial charge in [0.1, 0.15) is 0 Å². The maximum Gasteiger partial charge on any atom is 0.241 e. The van der Waals surface area contributed by atoms with Gasteiger partial charge in [-0.2, -0.15) is 0 Å². The van der Waals surface area contributed by atoms with Gasteiger partial charge < -0.3 is 15.5 Å². The van der Waals surface area contributed by atoms with E-state index >= 15 is 0 Å². The van der Waals surface area contributed by atoms with Crippen molar-refractivity contribution in [3.63, 3.8) is 0 Å². The Bertz CT molecular complexity index is 488. The van der Waals surface area contributed by atoms with Crippen LogP contribution in [0.2, 0.25) is 0 Å². The molecule has 1 aromatic rings. The molecule has 2 atom stereocenters. The number of likely N-dealkylation sites (N-methyl/N-ethyl adjacent to an activating group) is 1. The lowest BCUT2D eigenvalue weighted by atomic mass is 9.94. The molecule has 0 bridgehead atoms. The van der Waals surface area contributed by atoms with Crippen molar-refractivity contribution in [2.75, 3.05) is 27.2 Å². The Balaban J connectivity index is 2.82. The molecule has 0 aliphatic rings. The zero-order chi connectivity index (χ0) is 16.7. The molecule has 22 heavy (non-hydrogen) atoms. The minimum atomic E-state index is -0.373. The predicted molar refractivity (Wildman–Crippen MR) is 88.1 cm³/mol. The second-order valence-electron chi connectivity index (χ2n) is 5.77. The van der Waals surface area contributed by atoms with Crippen molar-refractivity contribution in [1.82, 2.24) is 9.80 Å². The van der Waals surface area contributed by atoms with E-state index in [-0.39, 0.29) is 30.3 Å². The highest BCUT2D eigenvalue weighted by molar-refractivity contribution is 5.86. The van der Waals surface area contributed by atoms with Crippen LogP contribution in [0.15, 0.2) is 30.3 Å². The SMILES string of the molecule is CCCN(CC(=O)N(C)C)C(=O)C(C)C(N)c1ccccc1. The molecule has 2 N–H and O–H groups in total. The molecule has 0 radical (unpaired) electrons. The summed E-state index contributed by atoms with van der Waals surface area (Å²) in [5.74, 6) is -0.528. The zero-order valence-corrected chi connectivity index (χ0v) is 14.0. The molecule has 0 spiro atoms. The van der Waals surface area contributed by atoms with Crippen molar-refractivity contribution in [2.24, 2.45) is 11.7 Å². The summed E-state index contributed by atoms with van der Waals surface area (Å²) in [6.45, 7) is 4.47. The molecule has 5 heteroatoms. The highest BCUT2D eigenvalue weighted by Crippen LogP contribution is 2.21. The van der Waals surface area contributed by atoms with Gasteiger partial charge in [0.2, 0.25) is 11.8 Å². The molecular weight excluding hydrogens is 278 g/mol. The van der Waals surface area contributed by atoms with Crippen molar-refractivity contribution >= 4 is 11.8 Å².